The smallest absolute Gasteiger partial charge is 0.319 e. The zero-order valence-corrected chi connectivity index (χ0v) is 14.7. The van der Waals surface area contributed by atoms with E-state index in [-0.39, 0.29) is 6.03 Å². The minimum Gasteiger partial charge on any atom is -0.383 e. The third-order valence-electron chi connectivity index (χ3n) is 4.68. The van der Waals surface area contributed by atoms with Gasteiger partial charge in [0.15, 0.2) is 0 Å². The fraction of sp³-hybridized carbons (Fsp3) is 0.333. The molecule has 2 heterocycles. The lowest BCUT2D eigenvalue weighted by Crippen LogP contribution is -2.36. The maximum Gasteiger partial charge on any atom is 0.319 e. The second-order valence-electron chi connectivity index (χ2n) is 6.38. The minimum absolute atomic E-state index is 0.129. The summed E-state index contributed by atoms with van der Waals surface area (Å²) in [7, 11) is 0. The van der Waals surface area contributed by atoms with Crippen molar-refractivity contribution in [1.82, 2.24) is 5.32 Å². The van der Waals surface area contributed by atoms with Crippen LogP contribution >= 0.6 is 11.3 Å². The number of rotatable bonds is 3. The number of benzene rings is 1. The quantitative estimate of drug-likeness (QED) is 0.786. The summed E-state index contributed by atoms with van der Waals surface area (Å²) >= 11 is 1.65. The number of hydrogen-bond donors (Lipinski definition) is 3. The molecule has 130 valence electrons. The molecule has 0 radical (unpaired) electrons. The molecule has 1 saturated carbocycles. The third kappa shape index (κ3) is 3.32. The Morgan fingerprint density at radius 3 is 2.72 bits per heavy atom. The summed E-state index contributed by atoms with van der Waals surface area (Å²) in [5, 5.41) is 9.06. The largest absolute Gasteiger partial charge is 0.383 e. The number of hydrogen-bond acceptors (Lipinski definition) is 5. The van der Waals surface area contributed by atoms with Gasteiger partial charge in [-0.05, 0) is 48.6 Å². The van der Waals surface area contributed by atoms with Gasteiger partial charge in [0, 0.05) is 17.4 Å². The van der Waals surface area contributed by atoms with Crippen molar-refractivity contribution in [2.24, 2.45) is 10.7 Å². The first-order valence-corrected chi connectivity index (χ1v) is 9.41. The summed E-state index contributed by atoms with van der Waals surface area (Å²) in [6.45, 7) is 0.508. The number of nitrogens with one attached hydrogen (secondary N) is 2. The first-order chi connectivity index (χ1) is 12.2. The molecule has 4 rings (SSSR count). The predicted octanol–water partition coefficient (Wildman–Crippen LogP) is 3.63. The van der Waals surface area contributed by atoms with Crippen molar-refractivity contribution >= 4 is 39.6 Å². The van der Waals surface area contributed by atoms with Gasteiger partial charge in [0.1, 0.15) is 17.5 Å². The third-order valence-corrected chi connectivity index (χ3v) is 5.61. The van der Waals surface area contributed by atoms with E-state index >= 15 is 0 Å². The van der Waals surface area contributed by atoms with Crippen LogP contribution in [0.3, 0.4) is 0 Å². The van der Waals surface area contributed by atoms with E-state index in [0.717, 1.165) is 34.8 Å². The van der Waals surface area contributed by atoms with Crippen LogP contribution < -0.4 is 21.3 Å². The van der Waals surface area contributed by atoms with Crippen molar-refractivity contribution < 1.29 is 4.79 Å². The highest BCUT2D eigenvalue weighted by Gasteiger charge is 2.21. The summed E-state index contributed by atoms with van der Waals surface area (Å²) in [5.41, 5.74) is 8.75. The number of fused-ring (bicyclic) bond motifs is 1. The van der Waals surface area contributed by atoms with Gasteiger partial charge in [-0.3, -0.25) is 0 Å². The molecule has 1 fully saturated rings. The van der Waals surface area contributed by atoms with Gasteiger partial charge in [0.05, 0.1) is 5.56 Å². The molecule has 2 amide bonds. The number of urea groups is 1. The molecule has 4 N–H and O–H groups in total. The molecule has 2 aromatic rings. The van der Waals surface area contributed by atoms with Gasteiger partial charge in [-0.2, -0.15) is 0 Å². The van der Waals surface area contributed by atoms with Gasteiger partial charge < -0.3 is 21.3 Å². The molecule has 1 aliphatic carbocycles. The van der Waals surface area contributed by atoms with Gasteiger partial charge >= 0.3 is 6.03 Å². The van der Waals surface area contributed by atoms with Crippen LogP contribution in [-0.4, -0.2) is 24.6 Å². The highest BCUT2D eigenvalue weighted by Crippen LogP contribution is 2.36. The van der Waals surface area contributed by atoms with E-state index in [0.29, 0.717) is 18.5 Å². The Labute approximate surface area is 150 Å². The van der Waals surface area contributed by atoms with Gasteiger partial charge in [-0.15, -0.1) is 11.3 Å². The number of thiophene rings is 1. The molecule has 1 aliphatic heterocycles. The summed E-state index contributed by atoms with van der Waals surface area (Å²) in [6, 6.07) is 9.99. The van der Waals surface area contributed by atoms with Crippen molar-refractivity contribution in [3.8, 4) is 0 Å². The fourth-order valence-electron chi connectivity index (χ4n) is 3.35. The van der Waals surface area contributed by atoms with Crippen molar-refractivity contribution in [3.05, 3.63) is 41.3 Å². The highest BCUT2D eigenvalue weighted by molar-refractivity contribution is 7.14. The number of nitrogens with two attached hydrogens (primary N) is 1. The van der Waals surface area contributed by atoms with Crippen LogP contribution in [0.2, 0.25) is 0 Å². The van der Waals surface area contributed by atoms with E-state index in [4.69, 9.17) is 5.73 Å². The Bertz CT molecular complexity index is 792. The molecule has 0 bridgehead atoms. The van der Waals surface area contributed by atoms with Crippen LogP contribution in [0.5, 0.6) is 0 Å². The first kappa shape index (κ1) is 16.0. The molecule has 1 aromatic carbocycles. The van der Waals surface area contributed by atoms with Crippen LogP contribution in [0, 0.1) is 0 Å². The normalized spacial score (nSPS) is 17.1. The second-order valence-corrected chi connectivity index (χ2v) is 7.27. The monoisotopic (exact) mass is 355 g/mol. The maximum absolute atomic E-state index is 12.1. The minimum atomic E-state index is -0.129. The Balaban J connectivity index is 1.43. The Hall–Kier alpha value is -2.54. The number of amidine groups is 1. The second kappa shape index (κ2) is 6.76. The van der Waals surface area contributed by atoms with E-state index in [9.17, 15) is 4.79 Å². The van der Waals surface area contributed by atoms with E-state index in [1.807, 2.05) is 35.7 Å². The average molecular weight is 355 g/mol. The van der Waals surface area contributed by atoms with Gasteiger partial charge in [0.2, 0.25) is 0 Å². The zero-order chi connectivity index (χ0) is 17.2. The number of carbonyl (C=O) groups is 1. The zero-order valence-electron chi connectivity index (χ0n) is 13.9. The lowest BCUT2D eigenvalue weighted by molar-refractivity contribution is 0.248. The number of nitrogens with zero attached hydrogens (tertiary/aromatic N) is 2. The molecule has 1 aromatic heterocycles. The molecule has 6 nitrogen and oxygen atoms in total. The van der Waals surface area contributed by atoms with Crippen molar-refractivity contribution in [1.29, 1.82) is 0 Å². The predicted molar refractivity (Wildman–Crippen MR) is 103 cm³/mol. The topological polar surface area (TPSA) is 82.8 Å². The summed E-state index contributed by atoms with van der Waals surface area (Å²) in [5.74, 6) is 0.592. The molecule has 2 aliphatic rings. The first-order valence-electron chi connectivity index (χ1n) is 8.53. The maximum atomic E-state index is 12.1. The van der Waals surface area contributed by atoms with Crippen molar-refractivity contribution in [3.63, 3.8) is 0 Å². The number of aliphatic imine (C=N–C) groups is 1. The Morgan fingerprint density at radius 1 is 1.20 bits per heavy atom. The van der Waals surface area contributed by atoms with Crippen LogP contribution in [-0.2, 0) is 0 Å². The van der Waals surface area contributed by atoms with E-state index in [2.05, 4.69) is 20.5 Å². The standard InChI is InChI=1S/C18H21N5OS/c19-16-15-9-10-25-17(15)23(11-20-16)14-7-5-13(6-8-14)22-18(24)21-12-3-1-2-4-12/h5-10,12H,1-4,11H2,(H2,19,20)(H2,21,22,24). The lowest BCUT2D eigenvalue weighted by Gasteiger charge is -2.26. The molecule has 0 saturated heterocycles. The Kier molecular flexibility index (Phi) is 4.31. The van der Waals surface area contributed by atoms with Gasteiger partial charge in [-0.1, -0.05) is 12.8 Å². The molecular formula is C18H21N5OS. The van der Waals surface area contributed by atoms with E-state index in [1.54, 1.807) is 11.3 Å². The summed E-state index contributed by atoms with van der Waals surface area (Å²) in [4.78, 5) is 18.6. The van der Waals surface area contributed by atoms with Crippen LogP contribution in [0.4, 0.5) is 21.2 Å². The average Bonchev–Trinajstić information content (AvgIpc) is 3.28. The number of anilines is 3. The number of carbonyl (C=O) groups excluding carboxylic acids is 1. The summed E-state index contributed by atoms with van der Waals surface area (Å²) < 4.78 is 0. The molecule has 0 spiro atoms. The van der Waals surface area contributed by atoms with Gasteiger partial charge in [0.25, 0.3) is 0 Å². The van der Waals surface area contributed by atoms with E-state index < -0.39 is 0 Å². The van der Waals surface area contributed by atoms with Crippen molar-refractivity contribution in [2.45, 2.75) is 31.7 Å². The lowest BCUT2D eigenvalue weighted by atomic mass is 10.2. The Morgan fingerprint density at radius 2 is 1.96 bits per heavy atom. The van der Waals surface area contributed by atoms with Crippen LogP contribution in [0.15, 0.2) is 40.7 Å². The van der Waals surface area contributed by atoms with Crippen molar-refractivity contribution in [2.75, 3.05) is 16.9 Å². The molecule has 7 heteroatoms. The van der Waals surface area contributed by atoms with E-state index in [1.165, 1.54) is 12.8 Å². The molecule has 25 heavy (non-hydrogen) atoms. The SMILES string of the molecule is NC1=NCN(c2ccc(NC(=O)NC3CCCC3)cc2)c2sccc21. The molecular weight excluding hydrogens is 334 g/mol. The van der Waals surface area contributed by atoms with Crippen LogP contribution in [0.25, 0.3) is 0 Å². The molecule has 0 unspecified atom stereocenters. The summed E-state index contributed by atoms with van der Waals surface area (Å²) in [6.07, 6.45) is 4.56. The molecule has 0 atom stereocenters. The highest BCUT2D eigenvalue weighted by atomic mass is 32.1. The van der Waals surface area contributed by atoms with Crippen LogP contribution in [0.1, 0.15) is 31.2 Å². The number of amides is 2. The fourth-order valence-corrected chi connectivity index (χ4v) is 4.27. The van der Waals surface area contributed by atoms with Gasteiger partial charge in [-0.25, -0.2) is 9.79 Å².